The molecule has 13 heavy (non-hydrogen) atoms. The molecule has 1 heterocycles. The van der Waals surface area contributed by atoms with Gasteiger partial charge in [0.1, 0.15) is 13.2 Å². The summed E-state index contributed by atoms with van der Waals surface area (Å²) in [6, 6.07) is 5.31. The smallest absolute Gasteiger partial charge is 0.181 e. The van der Waals surface area contributed by atoms with E-state index in [9.17, 15) is 0 Å². The lowest BCUT2D eigenvalue weighted by Crippen LogP contribution is -2.15. The average Bonchev–Trinajstić information content (AvgIpc) is 2.18. The predicted molar refractivity (Wildman–Crippen MR) is 46.7 cm³/mol. The maximum atomic E-state index is 8.39. The number of nitriles is 1. The lowest BCUT2D eigenvalue weighted by molar-refractivity contribution is 0.171. The van der Waals surface area contributed by atoms with Crippen LogP contribution in [0.4, 0.5) is 5.69 Å². The van der Waals surface area contributed by atoms with Crippen LogP contribution in [0.3, 0.4) is 0 Å². The summed E-state index contributed by atoms with van der Waals surface area (Å²) in [7, 11) is 0. The van der Waals surface area contributed by atoms with E-state index in [4.69, 9.17) is 14.7 Å². The average molecular weight is 176 g/mol. The lowest BCUT2D eigenvalue weighted by atomic mass is 10.2. The summed E-state index contributed by atoms with van der Waals surface area (Å²) in [5, 5.41) is 10.9. The second kappa shape index (κ2) is 3.23. The number of anilines is 1. The molecule has 0 bridgehead atoms. The van der Waals surface area contributed by atoms with E-state index >= 15 is 0 Å². The highest BCUT2D eigenvalue weighted by atomic mass is 16.6. The minimum Gasteiger partial charge on any atom is -0.486 e. The van der Waals surface area contributed by atoms with E-state index in [1.54, 1.807) is 18.2 Å². The van der Waals surface area contributed by atoms with Crippen molar-refractivity contribution in [3.63, 3.8) is 0 Å². The zero-order valence-corrected chi connectivity index (χ0v) is 6.91. The maximum Gasteiger partial charge on any atom is 0.181 e. The first-order chi connectivity index (χ1) is 6.40. The molecule has 1 N–H and O–H groups in total. The molecule has 0 saturated carbocycles. The summed E-state index contributed by atoms with van der Waals surface area (Å²) < 4.78 is 10.7. The summed E-state index contributed by atoms with van der Waals surface area (Å²) >= 11 is 0. The van der Waals surface area contributed by atoms with Crippen molar-refractivity contribution in [3.05, 3.63) is 18.2 Å². The molecule has 4 heteroatoms. The molecule has 0 saturated heterocycles. The van der Waals surface area contributed by atoms with Crippen LogP contribution in [-0.4, -0.2) is 13.2 Å². The summed E-state index contributed by atoms with van der Waals surface area (Å²) in [6.45, 7) is 1.14. The fourth-order valence-electron chi connectivity index (χ4n) is 1.19. The molecule has 0 fully saturated rings. The van der Waals surface area contributed by atoms with Gasteiger partial charge < -0.3 is 9.47 Å². The number of hydrogen-bond donors (Lipinski definition) is 1. The third-order valence-corrected chi connectivity index (χ3v) is 1.74. The molecule has 1 aliphatic heterocycles. The van der Waals surface area contributed by atoms with E-state index in [1.165, 1.54) is 0 Å². The molecule has 1 aromatic carbocycles. The highest BCUT2D eigenvalue weighted by molar-refractivity contribution is 5.56. The fourth-order valence-corrected chi connectivity index (χ4v) is 1.19. The van der Waals surface area contributed by atoms with E-state index in [0.29, 0.717) is 24.7 Å². The summed E-state index contributed by atoms with van der Waals surface area (Å²) in [4.78, 5) is 0. The molecule has 0 atom stereocenters. The third-order valence-electron chi connectivity index (χ3n) is 1.74. The molecule has 2 rings (SSSR count). The Labute approximate surface area is 75.7 Å². The van der Waals surface area contributed by atoms with Crippen molar-refractivity contribution >= 4 is 5.69 Å². The Morgan fingerprint density at radius 1 is 1.23 bits per heavy atom. The van der Waals surface area contributed by atoms with Crippen LogP contribution in [0.15, 0.2) is 18.2 Å². The number of nitrogens with one attached hydrogen (secondary N) is 1. The Kier molecular flexibility index (Phi) is 1.93. The molecule has 1 aliphatic rings. The van der Waals surface area contributed by atoms with Gasteiger partial charge in [-0.05, 0) is 12.1 Å². The van der Waals surface area contributed by atoms with Gasteiger partial charge in [0.05, 0.1) is 5.69 Å². The Balaban J connectivity index is 2.31. The number of fused-ring (bicyclic) bond motifs is 1. The van der Waals surface area contributed by atoms with Gasteiger partial charge in [0.25, 0.3) is 0 Å². The first kappa shape index (κ1) is 7.74. The van der Waals surface area contributed by atoms with Gasteiger partial charge in [-0.25, -0.2) is 0 Å². The number of rotatable bonds is 1. The maximum absolute atomic E-state index is 8.39. The minimum atomic E-state index is 0.559. The molecule has 1 aromatic rings. The van der Waals surface area contributed by atoms with Crippen molar-refractivity contribution < 1.29 is 9.47 Å². The molecular weight excluding hydrogens is 168 g/mol. The Morgan fingerprint density at radius 2 is 2.00 bits per heavy atom. The van der Waals surface area contributed by atoms with Gasteiger partial charge in [-0.2, -0.15) is 5.26 Å². The molecule has 0 amide bonds. The highest BCUT2D eigenvalue weighted by Gasteiger charge is 2.10. The van der Waals surface area contributed by atoms with E-state index in [0.717, 1.165) is 5.75 Å². The molecular formula is C9H8N2O2. The van der Waals surface area contributed by atoms with Gasteiger partial charge in [-0.3, -0.25) is 5.32 Å². The molecule has 0 spiro atoms. The largest absolute Gasteiger partial charge is 0.486 e. The minimum absolute atomic E-state index is 0.559. The molecule has 4 nitrogen and oxygen atoms in total. The third kappa shape index (κ3) is 1.49. The summed E-state index contributed by atoms with van der Waals surface area (Å²) in [5.41, 5.74) is 0.715. The van der Waals surface area contributed by atoms with E-state index in [2.05, 4.69) is 5.32 Å². The van der Waals surface area contributed by atoms with Crippen LogP contribution in [-0.2, 0) is 0 Å². The van der Waals surface area contributed by atoms with Gasteiger partial charge in [0.2, 0.25) is 0 Å². The summed E-state index contributed by atoms with van der Waals surface area (Å²) in [6.07, 6.45) is 1.84. The zero-order chi connectivity index (χ0) is 9.10. The Bertz CT molecular complexity index is 357. The van der Waals surface area contributed by atoms with Crippen molar-refractivity contribution in [1.82, 2.24) is 0 Å². The second-order valence-corrected chi connectivity index (χ2v) is 2.60. The number of nitrogens with zero attached hydrogens (tertiary/aromatic N) is 1. The van der Waals surface area contributed by atoms with Crippen molar-refractivity contribution in [2.75, 3.05) is 18.5 Å². The predicted octanol–water partition coefficient (Wildman–Crippen LogP) is 1.35. The summed E-state index contributed by atoms with van der Waals surface area (Å²) in [5.74, 6) is 1.42. The monoisotopic (exact) mass is 176 g/mol. The number of ether oxygens (including phenoxy) is 2. The fraction of sp³-hybridized carbons (Fsp3) is 0.222. The zero-order valence-electron chi connectivity index (χ0n) is 6.91. The van der Waals surface area contributed by atoms with Crippen molar-refractivity contribution in [1.29, 1.82) is 5.26 Å². The van der Waals surface area contributed by atoms with Gasteiger partial charge in [-0.1, -0.05) is 0 Å². The van der Waals surface area contributed by atoms with E-state index in [1.807, 2.05) is 6.19 Å². The van der Waals surface area contributed by atoms with Crippen LogP contribution in [0.2, 0.25) is 0 Å². The molecule has 66 valence electrons. The second-order valence-electron chi connectivity index (χ2n) is 2.60. The van der Waals surface area contributed by atoms with Crippen LogP contribution in [0.25, 0.3) is 0 Å². The molecule has 0 unspecified atom stereocenters. The first-order valence-electron chi connectivity index (χ1n) is 3.95. The number of benzene rings is 1. The SMILES string of the molecule is N#CNc1ccc2c(c1)OCCO2. The topological polar surface area (TPSA) is 54.3 Å². The van der Waals surface area contributed by atoms with Crippen LogP contribution in [0.1, 0.15) is 0 Å². The van der Waals surface area contributed by atoms with Gasteiger partial charge in [0.15, 0.2) is 17.7 Å². The Morgan fingerprint density at radius 3 is 2.77 bits per heavy atom. The molecule has 0 radical (unpaired) electrons. The Hall–Kier alpha value is -1.89. The van der Waals surface area contributed by atoms with E-state index in [-0.39, 0.29) is 0 Å². The standard InChI is InChI=1S/C9H8N2O2/c10-6-11-7-1-2-8-9(5-7)13-4-3-12-8/h1-2,5,11H,3-4H2. The van der Waals surface area contributed by atoms with Crippen LogP contribution in [0, 0.1) is 11.5 Å². The van der Waals surface area contributed by atoms with Crippen molar-refractivity contribution in [2.24, 2.45) is 0 Å². The highest BCUT2D eigenvalue weighted by Crippen LogP contribution is 2.32. The van der Waals surface area contributed by atoms with Gasteiger partial charge in [0, 0.05) is 6.07 Å². The van der Waals surface area contributed by atoms with Crippen LogP contribution < -0.4 is 14.8 Å². The van der Waals surface area contributed by atoms with Crippen LogP contribution in [0.5, 0.6) is 11.5 Å². The van der Waals surface area contributed by atoms with Crippen molar-refractivity contribution in [2.45, 2.75) is 0 Å². The van der Waals surface area contributed by atoms with Gasteiger partial charge >= 0.3 is 0 Å². The quantitative estimate of drug-likeness (QED) is 0.518. The normalized spacial score (nSPS) is 13.2. The number of hydrogen-bond acceptors (Lipinski definition) is 4. The van der Waals surface area contributed by atoms with E-state index < -0.39 is 0 Å². The van der Waals surface area contributed by atoms with Gasteiger partial charge in [-0.15, -0.1) is 0 Å². The lowest BCUT2D eigenvalue weighted by Gasteiger charge is -2.18. The molecule has 0 aromatic heterocycles. The van der Waals surface area contributed by atoms with Crippen LogP contribution >= 0.6 is 0 Å². The first-order valence-corrected chi connectivity index (χ1v) is 3.95. The molecule has 0 aliphatic carbocycles. The van der Waals surface area contributed by atoms with Crippen molar-refractivity contribution in [3.8, 4) is 17.7 Å².